The molecule has 31 heavy (non-hydrogen) atoms. The van der Waals surface area contributed by atoms with E-state index in [4.69, 9.17) is 16.3 Å². The van der Waals surface area contributed by atoms with Gasteiger partial charge in [-0.25, -0.2) is 0 Å². The Morgan fingerprint density at radius 3 is 2.32 bits per heavy atom. The first-order chi connectivity index (χ1) is 14.4. The second-order valence-electron chi connectivity index (χ2n) is 6.07. The van der Waals surface area contributed by atoms with Gasteiger partial charge in [-0.2, -0.15) is 13.2 Å². The number of alkyl halides is 3. The number of hydrogen-bond acceptors (Lipinski definition) is 7. The third kappa shape index (κ3) is 6.25. The Morgan fingerprint density at radius 2 is 1.77 bits per heavy atom. The predicted octanol–water partition coefficient (Wildman–Crippen LogP) is 4.76. The number of hydrogen-bond donors (Lipinski definition) is 0. The van der Waals surface area contributed by atoms with E-state index in [-0.39, 0.29) is 16.5 Å². The van der Waals surface area contributed by atoms with Crippen molar-refractivity contribution in [1.29, 1.82) is 0 Å². The van der Waals surface area contributed by atoms with Crippen molar-refractivity contribution in [2.45, 2.75) is 19.0 Å². The molecule has 0 aliphatic rings. The molecule has 8 nitrogen and oxygen atoms in total. The third-order valence-corrected chi connectivity index (χ3v) is 4.17. The molecule has 0 aliphatic heterocycles. The van der Waals surface area contributed by atoms with E-state index in [2.05, 4.69) is 4.74 Å². The molecule has 0 saturated carbocycles. The molecule has 0 aromatic heterocycles. The van der Waals surface area contributed by atoms with Crippen LogP contribution in [0.15, 0.2) is 36.4 Å². The zero-order valence-electron chi connectivity index (χ0n) is 15.7. The number of carbonyl (C=O) groups is 3. The van der Waals surface area contributed by atoms with Gasteiger partial charge in [0.25, 0.3) is 5.69 Å². The van der Waals surface area contributed by atoms with E-state index in [0.717, 1.165) is 37.4 Å². The third-order valence-electron chi connectivity index (χ3n) is 3.88. The van der Waals surface area contributed by atoms with Crippen molar-refractivity contribution in [3.8, 4) is 11.5 Å². The number of Topliss-reactive ketones (excluding diaryl/α,β-unsaturated/α-hetero) is 2. The summed E-state index contributed by atoms with van der Waals surface area (Å²) >= 11 is 5.81. The highest BCUT2D eigenvalue weighted by molar-refractivity contribution is 6.32. The molecule has 0 N–H and O–H groups in total. The number of ketones is 2. The molecule has 2 aromatic rings. The van der Waals surface area contributed by atoms with Crippen molar-refractivity contribution >= 4 is 34.8 Å². The van der Waals surface area contributed by atoms with Gasteiger partial charge in [0, 0.05) is 6.07 Å². The summed E-state index contributed by atoms with van der Waals surface area (Å²) in [5.41, 5.74) is -2.11. The molecule has 0 saturated heterocycles. The Balaban J connectivity index is 2.31. The molecule has 12 heteroatoms. The average molecular weight is 460 g/mol. The van der Waals surface area contributed by atoms with Crippen LogP contribution >= 0.6 is 11.6 Å². The molecule has 0 atom stereocenters. The summed E-state index contributed by atoms with van der Waals surface area (Å²) in [5, 5.41) is 10.8. The van der Waals surface area contributed by atoms with Gasteiger partial charge in [-0.3, -0.25) is 24.5 Å². The maximum Gasteiger partial charge on any atom is 0.416 e. The number of benzene rings is 2. The lowest BCUT2D eigenvalue weighted by atomic mass is 10.0. The second-order valence-corrected chi connectivity index (χ2v) is 6.48. The second kappa shape index (κ2) is 9.56. The molecule has 0 bridgehead atoms. The minimum absolute atomic E-state index is 0.143. The van der Waals surface area contributed by atoms with Crippen LogP contribution in [0.2, 0.25) is 5.02 Å². The summed E-state index contributed by atoms with van der Waals surface area (Å²) in [6, 6.07) is 5.32. The van der Waals surface area contributed by atoms with E-state index in [1.807, 2.05) is 0 Å². The highest BCUT2D eigenvalue weighted by Crippen LogP contribution is 2.37. The van der Waals surface area contributed by atoms with Crippen LogP contribution in [0.1, 0.15) is 28.8 Å². The van der Waals surface area contributed by atoms with Crippen molar-refractivity contribution < 1.29 is 42.0 Å². The number of methoxy groups -OCH3 is 1. The highest BCUT2D eigenvalue weighted by Gasteiger charge is 2.31. The summed E-state index contributed by atoms with van der Waals surface area (Å²) in [7, 11) is 1.05. The van der Waals surface area contributed by atoms with Gasteiger partial charge in [-0.15, -0.1) is 0 Å². The number of rotatable bonds is 8. The molecular weight excluding hydrogens is 447 g/mol. The number of nitro groups is 1. The lowest BCUT2D eigenvalue weighted by Crippen LogP contribution is -2.14. The lowest BCUT2D eigenvalue weighted by molar-refractivity contribution is -0.385. The number of nitrogens with zero attached hydrogens (tertiary/aromatic N) is 1. The van der Waals surface area contributed by atoms with Crippen molar-refractivity contribution in [3.05, 3.63) is 62.7 Å². The smallest absolute Gasteiger partial charge is 0.416 e. The lowest BCUT2D eigenvalue weighted by Gasteiger charge is -2.12. The number of nitro benzene ring substituents is 1. The van der Waals surface area contributed by atoms with E-state index in [0.29, 0.717) is 6.07 Å². The normalized spacial score (nSPS) is 11.0. The van der Waals surface area contributed by atoms with Gasteiger partial charge in [0.15, 0.2) is 11.6 Å². The van der Waals surface area contributed by atoms with E-state index in [1.54, 1.807) is 0 Å². The predicted molar refractivity (Wildman–Crippen MR) is 100 cm³/mol. The van der Waals surface area contributed by atoms with Crippen LogP contribution < -0.4 is 4.74 Å². The van der Waals surface area contributed by atoms with Gasteiger partial charge in [-0.05, 0) is 30.3 Å². The fourth-order valence-electron chi connectivity index (χ4n) is 2.42. The summed E-state index contributed by atoms with van der Waals surface area (Å²) in [6.45, 7) is 0. The molecular formula is C19H13ClF3NO7. The molecule has 0 aliphatic carbocycles. The zero-order chi connectivity index (χ0) is 23.3. The van der Waals surface area contributed by atoms with Crippen LogP contribution in [0.5, 0.6) is 11.5 Å². The molecule has 164 valence electrons. The number of ether oxygens (including phenoxy) is 2. The van der Waals surface area contributed by atoms with Crippen LogP contribution in [-0.2, 0) is 20.5 Å². The Kier molecular flexibility index (Phi) is 7.34. The molecule has 0 radical (unpaired) electrons. The molecule has 0 spiro atoms. The van der Waals surface area contributed by atoms with E-state index < -0.39 is 58.3 Å². The Hall–Kier alpha value is -3.47. The largest absolute Gasteiger partial charge is 0.469 e. The van der Waals surface area contributed by atoms with E-state index in [9.17, 15) is 37.7 Å². The first-order valence-electron chi connectivity index (χ1n) is 8.37. The van der Waals surface area contributed by atoms with Crippen LogP contribution in [-0.4, -0.2) is 29.6 Å². The summed E-state index contributed by atoms with van der Waals surface area (Å²) in [6.07, 6.45) is -6.11. The SMILES string of the molecule is COC(=O)CC(=O)CC(=O)c1cc(Oc2ccc(C(F)(F)F)cc2Cl)ccc1[N+](=O)[O-]. The summed E-state index contributed by atoms with van der Waals surface area (Å²) in [5.74, 6) is -2.98. The Labute approximate surface area is 177 Å². The maximum absolute atomic E-state index is 12.7. The van der Waals surface area contributed by atoms with E-state index >= 15 is 0 Å². The van der Waals surface area contributed by atoms with Crippen molar-refractivity contribution in [3.63, 3.8) is 0 Å². The first-order valence-corrected chi connectivity index (χ1v) is 8.75. The molecule has 0 amide bonds. The number of esters is 1. The monoisotopic (exact) mass is 459 g/mol. The zero-order valence-corrected chi connectivity index (χ0v) is 16.5. The van der Waals surface area contributed by atoms with Crippen LogP contribution in [0, 0.1) is 10.1 Å². The number of halogens is 4. The van der Waals surface area contributed by atoms with Crippen molar-refractivity contribution in [1.82, 2.24) is 0 Å². The van der Waals surface area contributed by atoms with Gasteiger partial charge in [-0.1, -0.05) is 11.6 Å². The Morgan fingerprint density at radius 1 is 1.10 bits per heavy atom. The number of carbonyl (C=O) groups excluding carboxylic acids is 3. The van der Waals surface area contributed by atoms with Crippen molar-refractivity contribution in [2.24, 2.45) is 0 Å². The van der Waals surface area contributed by atoms with Crippen LogP contribution in [0.25, 0.3) is 0 Å². The molecule has 0 fully saturated rings. The molecule has 0 heterocycles. The van der Waals surface area contributed by atoms with Gasteiger partial charge >= 0.3 is 12.1 Å². The molecule has 0 unspecified atom stereocenters. The van der Waals surface area contributed by atoms with E-state index in [1.165, 1.54) is 0 Å². The fourth-order valence-corrected chi connectivity index (χ4v) is 2.64. The fraction of sp³-hybridized carbons (Fsp3) is 0.211. The maximum atomic E-state index is 12.7. The summed E-state index contributed by atoms with van der Waals surface area (Å²) < 4.78 is 47.9. The molecule has 2 rings (SSSR count). The topological polar surface area (TPSA) is 113 Å². The van der Waals surface area contributed by atoms with Gasteiger partial charge in [0.2, 0.25) is 0 Å². The standard InChI is InChI=1S/C19H13ClF3NO7/c1-30-18(27)8-11(25)7-16(26)13-9-12(3-4-15(13)24(28)29)31-17-5-2-10(6-14(17)20)19(21,22)23/h2-6,9H,7-8H2,1H3. The van der Waals surface area contributed by atoms with Crippen LogP contribution in [0.3, 0.4) is 0 Å². The van der Waals surface area contributed by atoms with Gasteiger partial charge in [0.05, 0.1) is 34.6 Å². The van der Waals surface area contributed by atoms with Crippen LogP contribution in [0.4, 0.5) is 18.9 Å². The molecule has 2 aromatic carbocycles. The first kappa shape index (κ1) is 23.8. The highest BCUT2D eigenvalue weighted by atomic mass is 35.5. The van der Waals surface area contributed by atoms with Gasteiger partial charge < -0.3 is 9.47 Å². The van der Waals surface area contributed by atoms with Gasteiger partial charge in [0.1, 0.15) is 17.9 Å². The minimum atomic E-state index is -4.62. The summed E-state index contributed by atoms with van der Waals surface area (Å²) in [4.78, 5) is 45.7. The van der Waals surface area contributed by atoms with Crippen molar-refractivity contribution in [2.75, 3.05) is 7.11 Å². The minimum Gasteiger partial charge on any atom is -0.469 e. The Bertz CT molecular complexity index is 1050. The quantitative estimate of drug-likeness (QED) is 0.184. The average Bonchev–Trinajstić information content (AvgIpc) is 2.68.